The number of carbonyl (C=O) groups excluding carboxylic acids is 1. The number of hydrogen-bond acceptors (Lipinski definition) is 5. The van der Waals surface area contributed by atoms with E-state index in [2.05, 4.69) is 27.5 Å². The van der Waals surface area contributed by atoms with Gasteiger partial charge in [-0.05, 0) is 73.0 Å². The van der Waals surface area contributed by atoms with Crippen LogP contribution in [0.5, 0.6) is 17.4 Å². The van der Waals surface area contributed by atoms with Gasteiger partial charge in [-0.15, -0.1) is 0 Å². The molecule has 1 aromatic heterocycles. The fourth-order valence-electron chi connectivity index (χ4n) is 3.12. The van der Waals surface area contributed by atoms with Gasteiger partial charge in [-0.25, -0.2) is 4.98 Å². The molecule has 0 bridgehead atoms. The highest BCUT2D eigenvalue weighted by molar-refractivity contribution is 6.03. The van der Waals surface area contributed by atoms with E-state index >= 15 is 0 Å². The van der Waals surface area contributed by atoms with E-state index in [1.807, 2.05) is 60.7 Å². The van der Waals surface area contributed by atoms with Gasteiger partial charge in [0, 0.05) is 25.5 Å². The van der Waals surface area contributed by atoms with Crippen molar-refractivity contribution >= 4 is 17.4 Å². The van der Waals surface area contributed by atoms with Gasteiger partial charge in [0.2, 0.25) is 5.88 Å². The fraction of sp³-hybridized carbons (Fsp3) is 0.222. The van der Waals surface area contributed by atoms with Crippen molar-refractivity contribution in [3.8, 4) is 17.4 Å². The molecule has 3 aromatic rings. The summed E-state index contributed by atoms with van der Waals surface area (Å²) in [5.41, 5.74) is 2.37. The number of anilines is 1. The summed E-state index contributed by atoms with van der Waals surface area (Å²) in [6.07, 6.45) is 7.23. The van der Waals surface area contributed by atoms with Gasteiger partial charge < -0.3 is 20.1 Å². The lowest BCUT2D eigenvalue weighted by Gasteiger charge is -2.11. The van der Waals surface area contributed by atoms with Gasteiger partial charge in [0.05, 0.1) is 7.11 Å². The highest BCUT2D eigenvalue weighted by atomic mass is 16.5. The lowest BCUT2D eigenvalue weighted by molar-refractivity contribution is 0.0951. The molecule has 0 atom stereocenters. The summed E-state index contributed by atoms with van der Waals surface area (Å²) >= 11 is 0. The van der Waals surface area contributed by atoms with Crippen LogP contribution in [-0.4, -0.2) is 37.4 Å². The second-order valence-corrected chi connectivity index (χ2v) is 7.38. The zero-order valence-corrected chi connectivity index (χ0v) is 19.7. The van der Waals surface area contributed by atoms with E-state index < -0.39 is 0 Å². The van der Waals surface area contributed by atoms with Crippen molar-refractivity contribution in [3.05, 3.63) is 90.1 Å². The van der Waals surface area contributed by atoms with E-state index in [1.165, 1.54) is 0 Å². The Balaban J connectivity index is 1.59. The number of methoxy groups -OCH3 is 1. The van der Waals surface area contributed by atoms with E-state index in [4.69, 9.17) is 9.47 Å². The summed E-state index contributed by atoms with van der Waals surface area (Å²) in [6.45, 7) is 2.57. The lowest BCUT2D eigenvalue weighted by atomic mass is 10.1. The van der Waals surface area contributed by atoms with Crippen molar-refractivity contribution in [2.24, 2.45) is 4.99 Å². The number of benzene rings is 2. The van der Waals surface area contributed by atoms with Crippen LogP contribution < -0.4 is 20.1 Å². The summed E-state index contributed by atoms with van der Waals surface area (Å²) in [5.74, 6) is 2.18. The van der Waals surface area contributed by atoms with Crippen LogP contribution in [0.1, 0.15) is 29.3 Å². The van der Waals surface area contributed by atoms with Crippen molar-refractivity contribution in [2.75, 3.05) is 26.0 Å². The SMILES string of the molecule is CC/C=C\C(=NC)Nc1ccc(Oc2ncccc2C(=O)NCCc2ccc(OC)cc2)cc1. The maximum absolute atomic E-state index is 12.8. The van der Waals surface area contributed by atoms with Crippen LogP contribution in [0.25, 0.3) is 0 Å². The third-order valence-electron chi connectivity index (χ3n) is 4.97. The molecule has 0 aliphatic heterocycles. The van der Waals surface area contributed by atoms with Gasteiger partial charge in [0.15, 0.2) is 0 Å². The maximum atomic E-state index is 12.8. The third kappa shape index (κ3) is 7.20. The molecule has 2 N–H and O–H groups in total. The van der Waals surface area contributed by atoms with Crippen molar-refractivity contribution in [2.45, 2.75) is 19.8 Å². The molecule has 0 radical (unpaired) electrons. The summed E-state index contributed by atoms with van der Waals surface area (Å²) in [7, 11) is 3.38. The molecule has 34 heavy (non-hydrogen) atoms. The Labute approximate surface area is 200 Å². The second kappa shape index (κ2) is 12.8. The Morgan fingerprint density at radius 2 is 1.79 bits per heavy atom. The Kier molecular flexibility index (Phi) is 9.22. The van der Waals surface area contributed by atoms with Gasteiger partial charge in [-0.1, -0.05) is 25.1 Å². The molecule has 3 rings (SSSR count). The van der Waals surface area contributed by atoms with Crippen molar-refractivity contribution in [1.29, 1.82) is 0 Å². The molecule has 176 valence electrons. The number of aromatic nitrogens is 1. The van der Waals surface area contributed by atoms with Crippen LogP contribution in [0, 0.1) is 0 Å². The first-order chi connectivity index (χ1) is 16.6. The largest absolute Gasteiger partial charge is 0.497 e. The van der Waals surface area contributed by atoms with Gasteiger partial charge in [-0.3, -0.25) is 9.79 Å². The first-order valence-electron chi connectivity index (χ1n) is 11.2. The predicted molar refractivity (Wildman–Crippen MR) is 136 cm³/mol. The summed E-state index contributed by atoms with van der Waals surface area (Å²) in [4.78, 5) is 21.2. The molecule has 7 heteroatoms. The molecule has 7 nitrogen and oxygen atoms in total. The number of pyridine rings is 1. The molecule has 0 saturated carbocycles. The summed E-state index contributed by atoms with van der Waals surface area (Å²) in [5, 5.41) is 6.18. The average molecular weight is 459 g/mol. The molecule has 1 heterocycles. The minimum Gasteiger partial charge on any atom is -0.497 e. The quantitative estimate of drug-likeness (QED) is 0.320. The van der Waals surface area contributed by atoms with Crippen LogP contribution in [-0.2, 0) is 6.42 Å². The molecule has 2 aromatic carbocycles. The zero-order chi connectivity index (χ0) is 24.2. The standard InChI is InChI=1S/C27H30N4O3/c1-4-5-8-25(28-2)31-21-11-15-23(16-12-21)34-27-24(7-6-18-30-27)26(32)29-19-17-20-9-13-22(33-3)14-10-20/h5-16,18H,4,17,19H2,1-3H3,(H,28,31)(H,29,32)/b8-5-. The number of nitrogens with zero attached hydrogens (tertiary/aromatic N) is 2. The number of rotatable bonds is 10. The monoisotopic (exact) mass is 458 g/mol. The molecule has 1 amide bonds. The predicted octanol–water partition coefficient (Wildman–Crippen LogP) is 5.26. The molecule has 0 aliphatic rings. The van der Waals surface area contributed by atoms with E-state index in [0.29, 0.717) is 24.3 Å². The topological polar surface area (TPSA) is 84.8 Å². The highest BCUT2D eigenvalue weighted by Crippen LogP contribution is 2.24. The van der Waals surface area contributed by atoms with E-state index in [9.17, 15) is 4.79 Å². The Morgan fingerprint density at radius 1 is 1.06 bits per heavy atom. The van der Waals surface area contributed by atoms with Gasteiger partial charge in [0.25, 0.3) is 5.91 Å². The van der Waals surface area contributed by atoms with Crippen molar-refractivity contribution in [3.63, 3.8) is 0 Å². The molecule has 0 fully saturated rings. The van der Waals surface area contributed by atoms with Crippen LogP contribution in [0.4, 0.5) is 5.69 Å². The average Bonchev–Trinajstić information content (AvgIpc) is 2.88. The van der Waals surface area contributed by atoms with Gasteiger partial charge >= 0.3 is 0 Å². The van der Waals surface area contributed by atoms with Crippen LogP contribution in [0.15, 0.2) is 84.0 Å². The van der Waals surface area contributed by atoms with Crippen LogP contribution in [0.3, 0.4) is 0 Å². The molecule has 0 unspecified atom stereocenters. The highest BCUT2D eigenvalue weighted by Gasteiger charge is 2.14. The molecule has 0 aliphatic carbocycles. The second-order valence-electron chi connectivity index (χ2n) is 7.38. The van der Waals surface area contributed by atoms with Crippen molar-refractivity contribution < 1.29 is 14.3 Å². The number of amidine groups is 1. The van der Waals surface area contributed by atoms with E-state index in [-0.39, 0.29) is 11.8 Å². The number of carbonyl (C=O) groups is 1. The summed E-state index contributed by atoms with van der Waals surface area (Å²) in [6, 6.07) is 18.6. The third-order valence-corrected chi connectivity index (χ3v) is 4.97. The molecule has 0 spiro atoms. The van der Waals surface area contributed by atoms with Crippen LogP contribution in [0.2, 0.25) is 0 Å². The van der Waals surface area contributed by atoms with E-state index in [1.54, 1.807) is 32.5 Å². The van der Waals surface area contributed by atoms with Gasteiger partial charge in [0.1, 0.15) is 22.9 Å². The number of aliphatic imine (C=N–C) groups is 1. The first-order valence-corrected chi connectivity index (χ1v) is 11.2. The zero-order valence-electron chi connectivity index (χ0n) is 19.7. The Hall–Kier alpha value is -4.13. The van der Waals surface area contributed by atoms with E-state index in [0.717, 1.165) is 29.3 Å². The maximum Gasteiger partial charge on any atom is 0.256 e. The fourth-order valence-corrected chi connectivity index (χ4v) is 3.12. The van der Waals surface area contributed by atoms with Gasteiger partial charge in [-0.2, -0.15) is 0 Å². The number of nitrogens with one attached hydrogen (secondary N) is 2. The first kappa shape index (κ1) is 24.5. The lowest BCUT2D eigenvalue weighted by Crippen LogP contribution is -2.26. The molecular formula is C27H30N4O3. The number of allylic oxidation sites excluding steroid dienone is 1. The normalized spacial score (nSPS) is 11.3. The smallest absolute Gasteiger partial charge is 0.256 e. The number of ether oxygens (including phenoxy) is 2. The number of amides is 1. The minimum absolute atomic E-state index is 0.235. The summed E-state index contributed by atoms with van der Waals surface area (Å²) < 4.78 is 11.1. The van der Waals surface area contributed by atoms with Crippen molar-refractivity contribution in [1.82, 2.24) is 10.3 Å². The Morgan fingerprint density at radius 3 is 2.47 bits per heavy atom. The number of hydrogen-bond donors (Lipinski definition) is 2. The Bertz CT molecular complexity index is 1120. The molecule has 0 saturated heterocycles. The van der Waals surface area contributed by atoms with Crippen LogP contribution >= 0.6 is 0 Å². The molecular weight excluding hydrogens is 428 g/mol. The minimum atomic E-state index is -0.235.